The minimum absolute atomic E-state index is 0.123. The van der Waals surface area contributed by atoms with Gasteiger partial charge < -0.3 is 10.1 Å². The number of para-hydroxylation sites is 1. The van der Waals surface area contributed by atoms with Gasteiger partial charge in [0.15, 0.2) is 6.61 Å². The molecule has 6 nitrogen and oxygen atoms in total. The number of ether oxygens (including phenoxy) is 1. The minimum Gasteiger partial charge on any atom is -0.483 e. The molecule has 0 radical (unpaired) electrons. The van der Waals surface area contributed by atoms with E-state index in [1.165, 1.54) is 26.2 Å². The van der Waals surface area contributed by atoms with Gasteiger partial charge in [0.2, 0.25) is 10.0 Å². The monoisotopic (exact) mass is 362 g/mol. The zero-order valence-corrected chi connectivity index (χ0v) is 15.6. The number of aryl methyl sites for hydroxylation is 2. The zero-order chi connectivity index (χ0) is 18.6. The summed E-state index contributed by atoms with van der Waals surface area (Å²) in [5, 5.41) is 2.70. The van der Waals surface area contributed by atoms with Gasteiger partial charge in [-0.2, -0.15) is 0 Å². The minimum atomic E-state index is -3.56. The molecule has 0 aliphatic rings. The molecule has 1 N–H and O–H groups in total. The number of nitrogens with zero attached hydrogens (tertiary/aromatic N) is 1. The lowest BCUT2D eigenvalue weighted by Crippen LogP contribution is -2.23. The van der Waals surface area contributed by atoms with E-state index in [9.17, 15) is 13.2 Å². The lowest BCUT2D eigenvalue weighted by Gasteiger charge is -2.15. The van der Waals surface area contributed by atoms with Gasteiger partial charge in [-0.15, -0.1) is 0 Å². The van der Waals surface area contributed by atoms with Gasteiger partial charge in [-0.1, -0.05) is 24.3 Å². The Kier molecular flexibility index (Phi) is 5.81. The predicted molar refractivity (Wildman–Crippen MR) is 97.4 cm³/mol. The van der Waals surface area contributed by atoms with Gasteiger partial charge in [-0.3, -0.25) is 4.79 Å². The average Bonchev–Trinajstić information content (AvgIpc) is 2.55. The molecule has 0 spiro atoms. The van der Waals surface area contributed by atoms with Crippen LogP contribution in [0.5, 0.6) is 5.75 Å². The normalized spacial score (nSPS) is 11.4. The quantitative estimate of drug-likeness (QED) is 0.857. The maximum Gasteiger partial charge on any atom is 0.262 e. The van der Waals surface area contributed by atoms with Crippen LogP contribution in [0.3, 0.4) is 0 Å². The van der Waals surface area contributed by atoms with Crippen LogP contribution in [-0.4, -0.2) is 39.3 Å². The fourth-order valence-electron chi connectivity index (χ4n) is 2.16. The molecule has 0 aliphatic heterocycles. The SMILES string of the molecule is Cc1ccc(S(=O)(=O)N(C)C)cc1NC(=O)COc1ccccc1C. The molecule has 0 fully saturated rings. The van der Waals surface area contributed by atoms with Gasteiger partial charge in [0.1, 0.15) is 5.75 Å². The molecule has 0 aliphatic carbocycles. The number of hydrogen-bond donors (Lipinski definition) is 1. The first-order chi connectivity index (χ1) is 11.7. The van der Waals surface area contributed by atoms with Crippen molar-refractivity contribution in [2.75, 3.05) is 26.0 Å². The number of benzene rings is 2. The van der Waals surface area contributed by atoms with Gasteiger partial charge in [-0.25, -0.2) is 12.7 Å². The van der Waals surface area contributed by atoms with E-state index in [-0.39, 0.29) is 17.4 Å². The number of sulfonamides is 1. The van der Waals surface area contributed by atoms with Gasteiger partial charge in [-0.05, 0) is 43.2 Å². The molecule has 0 saturated carbocycles. The molecule has 0 saturated heterocycles. The number of carbonyl (C=O) groups excluding carboxylic acids is 1. The summed E-state index contributed by atoms with van der Waals surface area (Å²) in [6, 6.07) is 12.0. The third-order valence-electron chi connectivity index (χ3n) is 3.71. The van der Waals surface area contributed by atoms with Gasteiger partial charge in [0.25, 0.3) is 5.91 Å². The molecule has 134 valence electrons. The number of nitrogens with one attached hydrogen (secondary N) is 1. The number of amides is 1. The molecule has 2 aromatic rings. The Bertz CT molecular complexity index is 876. The number of rotatable bonds is 6. The first-order valence-corrected chi connectivity index (χ1v) is 9.17. The van der Waals surface area contributed by atoms with Crippen LogP contribution in [0.15, 0.2) is 47.4 Å². The Hall–Kier alpha value is -2.38. The van der Waals surface area contributed by atoms with E-state index in [0.717, 1.165) is 15.4 Å². The summed E-state index contributed by atoms with van der Waals surface area (Å²) in [4.78, 5) is 12.3. The van der Waals surface area contributed by atoms with Crippen molar-refractivity contribution in [1.82, 2.24) is 4.31 Å². The predicted octanol–water partition coefficient (Wildman–Crippen LogP) is 2.57. The van der Waals surface area contributed by atoms with E-state index in [0.29, 0.717) is 11.4 Å². The van der Waals surface area contributed by atoms with Gasteiger partial charge in [0.05, 0.1) is 4.90 Å². The van der Waals surface area contributed by atoms with Crippen molar-refractivity contribution in [3.63, 3.8) is 0 Å². The van der Waals surface area contributed by atoms with Crippen molar-refractivity contribution in [2.45, 2.75) is 18.7 Å². The summed E-state index contributed by atoms with van der Waals surface area (Å²) in [6.45, 7) is 3.53. The highest BCUT2D eigenvalue weighted by molar-refractivity contribution is 7.89. The Balaban J connectivity index is 2.12. The highest BCUT2D eigenvalue weighted by Crippen LogP contribution is 2.22. The van der Waals surface area contributed by atoms with Crippen LogP contribution in [0.25, 0.3) is 0 Å². The van der Waals surface area contributed by atoms with Crippen molar-refractivity contribution in [2.24, 2.45) is 0 Å². The van der Waals surface area contributed by atoms with Crippen LogP contribution in [0, 0.1) is 13.8 Å². The van der Waals surface area contributed by atoms with E-state index in [1.807, 2.05) is 25.1 Å². The van der Waals surface area contributed by atoms with Crippen molar-refractivity contribution in [3.8, 4) is 5.75 Å². The summed E-state index contributed by atoms with van der Waals surface area (Å²) in [6.07, 6.45) is 0. The molecule has 2 rings (SSSR count). The smallest absolute Gasteiger partial charge is 0.262 e. The fraction of sp³-hybridized carbons (Fsp3) is 0.278. The lowest BCUT2D eigenvalue weighted by molar-refractivity contribution is -0.118. The second-order valence-electron chi connectivity index (χ2n) is 5.87. The van der Waals surface area contributed by atoms with Crippen molar-refractivity contribution in [1.29, 1.82) is 0 Å². The first-order valence-electron chi connectivity index (χ1n) is 7.73. The maximum atomic E-state index is 12.2. The average molecular weight is 362 g/mol. The van der Waals surface area contributed by atoms with Crippen LogP contribution >= 0.6 is 0 Å². The molecule has 0 heterocycles. The maximum absolute atomic E-state index is 12.2. The Morgan fingerprint density at radius 1 is 1.08 bits per heavy atom. The van der Waals surface area contributed by atoms with E-state index >= 15 is 0 Å². The van der Waals surface area contributed by atoms with E-state index in [2.05, 4.69) is 5.32 Å². The first kappa shape index (κ1) is 19.0. The summed E-state index contributed by atoms with van der Waals surface area (Å²) in [5.74, 6) is 0.282. The van der Waals surface area contributed by atoms with Crippen molar-refractivity contribution < 1.29 is 17.9 Å². The van der Waals surface area contributed by atoms with Crippen molar-refractivity contribution >= 4 is 21.6 Å². The summed E-state index contributed by atoms with van der Waals surface area (Å²) in [5.41, 5.74) is 2.15. The largest absolute Gasteiger partial charge is 0.483 e. The van der Waals surface area contributed by atoms with Crippen LogP contribution in [0.4, 0.5) is 5.69 Å². The number of hydrogen-bond acceptors (Lipinski definition) is 4. The summed E-state index contributed by atoms with van der Waals surface area (Å²) < 4.78 is 31.1. The van der Waals surface area contributed by atoms with Crippen molar-refractivity contribution in [3.05, 3.63) is 53.6 Å². The van der Waals surface area contributed by atoms with Gasteiger partial charge in [0, 0.05) is 19.8 Å². The standard InChI is InChI=1S/C18H22N2O4S/c1-13-9-10-15(25(22,23)20(3)4)11-16(13)19-18(21)12-24-17-8-6-5-7-14(17)2/h5-11H,12H2,1-4H3,(H,19,21). The molecule has 2 aromatic carbocycles. The topological polar surface area (TPSA) is 75.7 Å². The molecule has 7 heteroatoms. The highest BCUT2D eigenvalue weighted by Gasteiger charge is 2.18. The van der Waals surface area contributed by atoms with Gasteiger partial charge >= 0.3 is 0 Å². The number of anilines is 1. The lowest BCUT2D eigenvalue weighted by atomic mass is 10.2. The molecular weight excluding hydrogens is 340 g/mol. The third-order valence-corrected chi connectivity index (χ3v) is 5.53. The Labute approximate surface area is 148 Å². The second kappa shape index (κ2) is 7.67. The summed E-state index contributed by atoms with van der Waals surface area (Å²) in [7, 11) is -0.638. The van der Waals surface area contributed by atoms with E-state index in [1.54, 1.807) is 19.1 Å². The van der Waals surface area contributed by atoms with Crippen LogP contribution in [0.1, 0.15) is 11.1 Å². The molecule has 1 amide bonds. The molecule has 0 atom stereocenters. The van der Waals surface area contributed by atoms with Crippen LogP contribution in [0.2, 0.25) is 0 Å². The third kappa shape index (κ3) is 4.58. The van der Waals surface area contributed by atoms with E-state index in [4.69, 9.17) is 4.74 Å². The van der Waals surface area contributed by atoms with Crippen LogP contribution < -0.4 is 10.1 Å². The Morgan fingerprint density at radius 3 is 2.40 bits per heavy atom. The molecule has 0 unspecified atom stereocenters. The molecule has 25 heavy (non-hydrogen) atoms. The highest BCUT2D eigenvalue weighted by atomic mass is 32.2. The molecular formula is C18H22N2O4S. The fourth-order valence-corrected chi connectivity index (χ4v) is 3.08. The van der Waals surface area contributed by atoms with E-state index < -0.39 is 10.0 Å². The molecule has 0 bridgehead atoms. The molecule has 0 aromatic heterocycles. The second-order valence-corrected chi connectivity index (χ2v) is 8.02. The zero-order valence-electron chi connectivity index (χ0n) is 14.7. The number of carbonyl (C=O) groups is 1. The summed E-state index contributed by atoms with van der Waals surface area (Å²) >= 11 is 0. The van der Waals surface area contributed by atoms with Crippen LogP contribution in [-0.2, 0) is 14.8 Å². The Morgan fingerprint density at radius 2 is 1.76 bits per heavy atom.